The van der Waals surface area contributed by atoms with Gasteiger partial charge >= 0.3 is 0 Å². The van der Waals surface area contributed by atoms with E-state index in [4.69, 9.17) is 15.0 Å². The van der Waals surface area contributed by atoms with Crippen LogP contribution in [-0.2, 0) is 0 Å². The summed E-state index contributed by atoms with van der Waals surface area (Å²) in [7, 11) is 0. The maximum atomic E-state index is 5.19. The van der Waals surface area contributed by atoms with Crippen LogP contribution in [0, 0.1) is 0 Å². The summed E-state index contributed by atoms with van der Waals surface area (Å²) < 4.78 is 7.23. The van der Waals surface area contributed by atoms with E-state index in [-0.39, 0.29) is 0 Å². The lowest BCUT2D eigenvalue weighted by Crippen LogP contribution is -2.02. The van der Waals surface area contributed by atoms with Crippen LogP contribution in [0.4, 0.5) is 0 Å². The van der Waals surface area contributed by atoms with Crippen molar-refractivity contribution in [3.63, 3.8) is 0 Å². The molecule has 0 unspecified atom stereocenters. The maximum Gasteiger partial charge on any atom is 0.164 e. The molecule has 0 spiro atoms. The monoisotopic (exact) mass is 880 g/mol. The van der Waals surface area contributed by atoms with E-state index in [0.29, 0.717) is 17.5 Å². The van der Waals surface area contributed by atoms with Crippen LogP contribution in [0.3, 0.4) is 0 Å². The molecule has 4 aromatic heterocycles. The Labute approximate surface area is 397 Å². The molecule has 6 nitrogen and oxygen atoms in total. The highest BCUT2D eigenvalue weighted by Gasteiger charge is 2.22. The Morgan fingerprint density at radius 3 is 1.20 bits per heavy atom. The van der Waals surface area contributed by atoms with Crippen molar-refractivity contribution in [3.8, 4) is 62.4 Å². The average Bonchev–Trinajstić information content (AvgIpc) is 4.06. The van der Waals surface area contributed by atoms with Gasteiger partial charge in [-0.25, -0.2) is 15.0 Å². The topological polar surface area (TPSA) is 53.5 Å². The summed E-state index contributed by atoms with van der Waals surface area (Å²) in [5.41, 5.74) is 15.1. The quantitative estimate of drug-likeness (QED) is 0.160. The van der Waals surface area contributed by atoms with Gasteiger partial charge in [0.05, 0.1) is 38.8 Å². The van der Waals surface area contributed by atoms with Crippen molar-refractivity contribution in [3.05, 3.63) is 243 Å². The third-order valence-electron chi connectivity index (χ3n) is 13.7. The maximum absolute atomic E-state index is 5.19. The molecule has 0 fully saturated rings. The lowest BCUT2D eigenvalue weighted by molar-refractivity contribution is 1.07. The van der Waals surface area contributed by atoms with Gasteiger partial charge < -0.3 is 13.7 Å². The van der Waals surface area contributed by atoms with E-state index < -0.39 is 0 Å². The van der Waals surface area contributed by atoms with Crippen molar-refractivity contribution in [2.24, 2.45) is 0 Å². The number of rotatable bonds is 7. The average molecular weight is 881 g/mol. The van der Waals surface area contributed by atoms with Gasteiger partial charge in [-0.15, -0.1) is 0 Å². The Bertz CT molecular complexity index is 4130. The van der Waals surface area contributed by atoms with Gasteiger partial charge in [0.25, 0.3) is 0 Å². The predicted octanol–water partition coefficient (Wildman–Crippen LogP) is 15.8. The Morgan fingerprint density at radius 2 is 0.652 bits per heavy atom. The lowest BCUT2D eigenvalue weighted by Gasteiger charge is -2.17. The van der Waals surface area contributed by atoms with E-state index in [1.807, 2.05) is 36.4 Å². The van der Waals surface area contributed by atoms with Gasteiger partial charge in [0.1, 0.15) is 0 Å². The van der Waals surface area contributed by atoms with Crippen LogP contribution in [0.2, 0.25) is 0 Å². The fraction of sp³-hybridized carbons (Fsp3) is 0. The van der Waals surface area contributed by atoms with Crippen molar-refractivity contribution in [1.29, 1.82) is 0 Å². The predicted molar refractivity (Wildman–Crippen MR) is 285 cm³/mol. The molecular formula is C63H40N6. The second-order valence-corrected chi connectivity index (χ2v) is 17.6. The Balaban J connectivity index is 1.03. The van der Waals surface area contributed by atoms with Gasteiger partial charge in [0.15, 0.2) is 17.5 Å². The minimum Gasteiger partial charge on any atom is -0.309 e. The van der Waals surface area contributed by atoms with E-state index in [1.54, 1.807) is 0 Å². The van der Waals surface area contributed by atoms with Crippen LogP contribution in [0.1, 0.15) is 0 Å². The smallest absolute Gasteiger partial charge is 0.164 e. The summed E-state index contributed by atoms with van der Waals surface area (Å²) >= 11 is 0. The summed E-state index contributed by atoms with van der Waals surface area (Å²) in [6.45, 7) is 0. The number of hydrogen-bond acceptors (Lipinski definition) is 3. The molecule has 0 saturated heterocycles. The second kappa shape index (κ2) is 15.6. The molecule has 0 bridgehead atoms. The van der Waals surface area contributed by atoms with E-state index in [0.717, 1.165) is 66.9 Å². The summed E-state index contributed by atoms with van der Waals surface area (Å²) in [5, 5.41) is 7.26. The van der Waals surface area contributed by atoms with Crippen molar-refractivity contribution in [2.45, 2.75) is 0 Å². The van der Waals surface area contributed by atoms with E-state index >= 15 is 0 Å². The zero-order valence-electron chi connectivity index (χ0n) is 37.3. The Hall–Kier alpha value is -9.39. The number of benzene rings is 10. The zero-order valence-corrected chi connectivity index (χ0v) is 37.3. The minimum absolute atomic E-state index is 0.606. The van der Waals surface area contributed by atoms with Gasteiger partial charge in [0.2, 0.25) is 0 Å². The van der Waals surface area contributed by atoms with Crippen molar-refractivity contribution in [2.75, 3.05) is 0 Å². The van der Waals surface area contributed by atoms with Crippen molar-refractivity contribution < 1.29 is 0 Å². The molecule has 69 heavy (non-hydrogen) atoms. The van der Waals surface area contributed by atoms with Gasteiger partial charge in [-0.2, -0.15) is 0 Å². The first-order valence-electron chi connectivity index (χ1n) is 23.4. The molecule has 14 rings (SSSR count). The summed E-state index contributed by atoms with van der Waals surface area (Å²) in [4.78, 5) is 15.4. The highest BCUT2D eigenvalue weighted by Crippen LogP contribution is 2.42. The molecular weight excluding hydrogens is 841 g/mol. The molecule has 0 saturated carbocycles. The van der Waals surface area contributed by atoms with Gasteiger partial charge in [0, 0.05) is 65.9 Å². The number of para-hydroxylation sites is 5. The fourth-order valence-corrected chi connectivity index (χ4v) is 10.6. The molecule has 0 aliphatic carbocycles. The normalized spacial score (nSPS) is 11.8. The molecule has 6 heteroatoms. The molecule has 322 valence electrons. The Kier molecular flexibility index (Phi) is 8.79. The van der Waals surface area contributed by atoms with E-state index in [9.17, 15) is 0 Å². The third-order valence-corrected chi connectivity index (χ3v) is 13.7. The molecule has 4 heterocycles. The zero-order chi connectivity index (χ0) is 45.4. The van der Waals surface area contributed by atoms with Crippen LogP contribution in [0.15, 0.2) is 243 Å². The first kappa shape index (κ1) is 38.8. The number of fused-ring (bicyclic) bond motifs is 9. The number of aromatic nitrogens is 6. The number of nitrogens with zero attached hydrogens (tertiary/aromatic N) is 6. The minimum atomic E-state index is 0.606. The van der Waals surface area contributed by atoms with Crippen LogP contribution >= 0.6 is 0 Å². The standard InChI is InChI=1S/C63H40N6/c1-4-18-41(19-5-1)61-64-62(42-20-6-2-7-21-42)66-63(65-61)44-33-36-58(69-56-30-16-12-26-49(56)50-27-13-17-31-57(50)69)52(38-44)43-32-35-51-53-40-46(34-37-59(53)67(60(51)39-43)45-22-8-3-9-23-45)68-54-28-14-10-24-47(54)48-25-11-15-29-55(48)68/h1-40H. The first-order valence-corrected chi connectivity index (χ1v) is 23.4. The summed E-state index contributed by atoms with van der Waals surface area (Å²) in [5.74, 6) is 1.86. The van der Waals surface area contributed by atoms with Crippen LogP contribution < -0.4 is 0 Å². The number of hydrogen-bond donors (Lipinski definition) is 0. The molecule has 0 aliphatic heterocycles. The molecule has 0 amide bonds. The van der Waals surface area contributed by atoms with Crippen LogP contribution in [-0.4, -0.2) is 28.7 Å². The first-order chi connectivity index (χ1) is 34.2. The molecule has 0 aliphatic rings. The van der Waals surface area contributed by atoms with Crippen molar-refractivity contribution >= 4 is 65.4 Å². The molecule has 14 aromatic rings. The summed E-state index contributed by atoms with van der Waals surface area (Å²) in [6, 6.07) is 86.5. The highest BCUT2D eigenvalue weighted by atomic mass is 15.0. The van der Waals surface area contributed by atoms with Crippen LogP contribution in [0.25, 0.3) is 128 Å². The van der Waals surface area contributed by atoms with Gasteiger partial charge in [-0.05, 0) is 84.4 Å². The summed E-state index contributed by atoms with van der Waals surface area (Å²) in [6.07, 6.45) is 0. The Morgan fingerprint density at radius 1 is 0.232 bits per heavy atom. The highest BCUT2D eigenvalue weighted by molar-refractivity contribution is 6.14. The second-order valence-electron chi connectivity index (χ2n) is 17.6. The van der Waals surface area contributed by atoms with Gasteiger partial charge in [-0.3, -0.25) is 0 Å². The van der Waals surface area contributed by atoms with Gasteiger partial charge in [-0.1, -0.05) is 164 Å². The molecule has 0 radical (unpaired) electrons. The van der Waals surface area contributed by atoms with Crippen molar-refractivity contribution in [1.82, 2.24) is 28.7 Å². The van der Waals surface area contributed by atoms with E-state index in [2.05, 4.69) is 220 Å². The lowest BCUT2D eigenvalue weighted by atomic mass is 9.98. The SMILES string of the molecule is c1ccc(-c2nc(-c3ccccc3)nc(-c3ccc(-n4c5ccccc5c5ccccc54)c(-c4ccc5c6cc(-n7c8ccccc8c8ccccc87)ccc6n(-c6ccccc6)c5c4)c3)n2)cc1. The van der Waals surface area contributed by atoms with Crippen LogP contribution in [0.5, 0.6) is 0 Å². The molecule has 0 N–H and O–H groups in total. The third kappa shape index (κ3) is 6.23. The largest absolute Gasteiger partial charge is 0.309 e. The molecule has 0 atom stereocenters. The molecule has 10 aromatic carbocycles. The van der Waals surface area contributed by atoms with E-state index in [1.165, 1.54) is 43.4 Å². The fourth-order valence-electron chi connectivity index (χ4n) is 10.6.